The van der Waals surface area contributed by atoms with Crippen molar-refractivity contribution < 1.29 is 23.8 Å². The Morgan fingerprint density at radius 1 is 1.17 bits per heavy atom. The van der Waals surface area contributed by atoms with E-state index in [0.717, 1.165) is 18.4 Å². The van der Waals surface area contributed by atoms with Crippen molar-refractivity contribution in [2.24, 2.45) is 0 Å². The van der Waals surface area contributed by atoms with Crippen LogP contribution in [-0.2, 0) is 16.1 Å². The van der Waals surface area contributed by atoms with Crippen LogP contribution in [-0.4, -0.2) is 50.7 Å². The second-order valence-electron chi connectivity index (χ2n) is 6.89. The number of ether oxygens (including phenoxy) is 3. The van der Waals surface area contributed by atoms with Gasteiger partial charge in [0.05, 0.1) is 14.2 Å². The summed E-state index contributed by atoms with van der Waals surface area (Å²) in [6.45, 7) is 0.959. The Labute approximate surface area is 170 Å². The van der Waals surface area contributed by atoms with Gasteiger partial charge >= 0.3 is 0 Å². The summed E-state index contributed by atoms with van der Waals surface area (Å²) < 4.78 is 16.2. The minimum absolute atomic E-state index is 0.164. The highest BCUT2D eigenvalue weighted by molar-refractivity contribution is 5.98. The fourth-order valence-corrected chi connectivity index (χ4v) is 3.36. The zero-order valence-corrected chi connectivity index (χ0v) is 16.9. The van der Waals surface area contributed by atoms with Gasteiger partial charge in [-0.15, -0.1) is 0 Å². The molecule has 0 aromatic heterocycles. The monoisotopic (exact) mass is 398 g/mol. The lowest BCUT2D eigenvalue weighted by molar-refractivity contribution is -0.124. The maximum Gasteiger partial charge on any atom is 0.253 e. The van der Waals surface area contributed by atoms with Crippen LogP contribution >= 0.6 is 0 Å². The van der Waals surface area contributed by atoms with E-state index in [4.69, 9.17) is 14.2 Å². The number of carbonyl (C=O) groups is 2. The zero-order chi connectivity index (χ0) is 20.8. The van der Waals surface area contributed by atoms with Gasteiger partial charge in [0.15, 0.2) is 11.5 Å². The van der Waals surface area contributed by atoms with Gasteiger partial charge in [0.2, 0.25) is 0 Å². The van der Waals surface area contributed by atoms with Crippen LogP contribution in [0.25, 0.3) is 0 Å². The van der Waals surface area contributed by atoms with E-state index in [-0.39, 0.29) is 11.8 Å². The number of hydrogen-bond donors (Lipinski definition) is 1. The standard InChI is InChI=1S/C22H26N2O5/c1-24(14-16-8-5-10-18(27-2)20(16)28-3)22(26)15-7-4-9-17(13-15)23-21(25)19-11-6-12-29-19/h4-5,7-10,13,19H,6,11-12,14H2,1-3H3,(H,23,25). The highest BCUT2D eigenvalue weighted by Gasteiger charge is 2.24. The molecule has 0 radical (unpaired) electrons. The van der Waals surface area contributed by atoms with Crippen LogP contribution in [0.2, 0.25) is 0 Å². The number of nitrogens with one attached hydrogen (secondary N) is 1. The number of benzene rings is 2. The molecule has 0 aliphatic carbocycles. The summed E-state index contributed by atoms with van der Waals surface area (Å²) in [5, 5.41) is 2.83. The molecule has 0 spiro atoms. The number of anilines is 1. The minimum atomic E-state index is -0.419. The van der Waals surface area contributed by atoms with E-state index in [9.17, 15) is 9.59 Å². The van der Waals surface area contributed by atoms with E-state index in [0.29, 0.717) is 35.9 Å². The molecule has 1 saturated heterocycles. The average molecular weight is 398 g/mol. The van der Waals surface area contributed by atoms with E-state index in [2.05, 4.69) is 5.32 Å². The van der Waals surface area contributed by atoms with Gasteiger partial charge in [0.1, 0.15) is 6.10 Å². The molecular weight excluding hydrogens is 372 g/mol. The van der Waals surface area contributed by atoms with Crippen molar-refractivity contribution in [1.29, 1.82) is 0 Å². The largest absolute Gasteiger partial charge is 0.493 e. The average Bonchev–Trinajstić information content (AvgIpc) is 3.28. The van der Waals surface area contributed by atoms with Crippen LogP contribution in [0.5, 0.6) is 11.5 Å². The molecule has 154 valence electrons. The van der Waals surface area contributed by atoms with Crippen LogP contribution in [0.15, 0.2) is 42.5 Å². The molecule has 1 unspecified atom stereocenters. The highest BCUT2D eigenvalue weighted by atomic mass is 16.5. The fourth-order valence-electron chi connectivity index (χ4n) is 3.36. The summed E-state index contributed by atoms with van der Waals surface area (Å²) in [5.41, 5.74) is 1.90. The van der Waals surface area contributed by atoms with Crippen molar-refractivity contribution >= 4 is 17.5 Å². The van der Waals surface area contributed by atoms with Gasteiger partial charge in [-0.25, -0.2) is 0 Å². The topological polar surface area (TPSA) is 77.1 Å². The Morgan fingerprint density at radius 3 is 2.66 bits per heavy atom. The second kappa shape index (κ2) is 9.43. The molecule has 0 bridgehead atoms. The predicted octanol–water partition coefficient (Wildman–Crippen LogP) is 3.09. The zero-order valence-electron chi connectivity index (χ0n) is 16.9. The summed E-state index contributed by atoms with van der Waals surface area (Å²) in [6, 6.07) is 12.5. The maximum atomic E-state index is 12.9. The lowest BCUT2D eigenvalue weighted by Gasteiger charge is -2.20. The molecule has 29 heavy (non-hydrogen) atoms. The normalized spacial score (nSPS) is 15.6. The summed E-state index contributed by atoms with van der Waals surface area (Å²) in [7, 11) is 4.87. The van der Waals surface area contributed by atoms with Gasteiger partial charge in [-0.1, -0.05) is 18.2 Å². The van der Waals surface area contributed by atoms with Gasteiger partial charge in [-0.05, 0) is 37.1 Å². The number of nitrogens with zero attached hydrogens (tertiary/aromatic N) is 1. The first-order valence-corrected chi connectivity index (χ1v) is 9.51. The van der Waals surface area contributed by atoms with E-state index >= 15 is 0 Å². The number of rotatable bonds is 7. The molecule has 7 heteroatoms. The van der Waals surface area contributed by atoms with E-state index in [1.807, 2.05) is 18.2 Å². The van der Waals surface area contributed by atoms with Crippen molar-refractivity contribution in [3.8, 4) is 11.5 Å². The number of hydrogen-bond acceptors (Lipinski definition) is 5. The molecule has 1 aliphatic heterocycles. The Bertz CT molecular complexity index is 877. The lowest BCUT2D eigenvalue weighted by Crippen LogP contribution is -2.28. The second-order valence-corrected chi connectivity index (χ2v) is 6.89. The van der Waals surface area contributed by atoms with Gasteiger partial charge < -0.3 is 24.4 Å². The quantitative estimate of drug-likeness (QED) is 0.776. The molecule has 1 N–H and O–H groups in total. The van der Waals surface area contributed by atoms with Crippen molar-refractivity contribution in [2.75, 3.05) is 33.2 Å². The summed E-state index contributed by atoms with van der Waals surface area (Å²) in [5.74, 6) is 0.876. The summed E-state index contributed by atoms with van der Waals surface area (Å²) in [4.78, 5) is 26.8. The molecule has 3 rings (SSSR count). The molecule has 2 aromatic rings. The summed E-state index contributed by atoms with van der Waals surface area (Å²) in [6.07, 6.45) is 1.18. The van der Waals surface area contributed by atoms with Crippen LogP contribution in [0.3, 0.4) is 0 Å². The number of carbonyl (C=O) groups excluding carboxylic acids is 2. The van der Waals surface area contributed by atoms with Crippen molar-refractivity contribution in [3.63, 3.8) is 0 Å². The fraction of sp³-hybridized carbons (Fsp3) is 0.364. The van der Waals surface area contributed by atoms with E-state index < -0.39 is 6.10 Å². The van der Waals surface area contributed by atoms with Crippen LogP contribution in [0.4, 0.5) is 5.69 Å². The summed E-state index contributed by atoms with van der Waals surface area (Å²) >= 11 is 0. The van der Waals surface area contributed by atoms with Crippen molar-refractivity contribution in [3.05, 3.63) is 53.6 Å². The molecule has 0 saturated carbocycles. The van der Waals surface area contributed by atoms with E-state index in [1.165, 1.54) is 0 Å². The third-order valence-electron chi connectivity index (χ3n) is 4.84. The first-order valence-electron chi connectivity index (χ1n) is 9.51. The molecule has 2 aromatic carbocycles. The Balaban J connectivity index is 1.71. The van der Waals surface area contributed by atoms with Crippen LogP contribution < -0.4 is 14.8 Å². The van der Waals surface area contributed by atoms with Crippen molar-refractivity contribution in [2.45, 2.75) is 25.5 Å². The predicted molar refractivity (Wildman–Crippen MR) is 109 cm³/mol. The van der Waals surface area contributed by atoms with Gasteiger partial charge in [0, 0.05) is 37.0 Å². The minimum Gasteiger partial charge on any atom is -0.493 e. The Hall–Kier alpha value is -3.06. The maximum absolute atomic E-state index is 12.9. The number of methoxy groups -OCH3 is 2. The van der Waals surface area contributed by atoms with Crippen LogP contribution in [0, 0.1) is 0 Å². The lowest BCUT2D eigenvalue weighted by atomic mass is 10.1. The molecule has 1 aliphatic rings. The van der Waals surface area contributed by atoms with E-state index in [1.54, 1.807) is 50.4 Å². The smallest absolute Gasteiger partial charge is 0.253 e. The molecule has 7 nitrogen and oxygen atoms in total. The first kappa shape index (κ1) is 20.7. The third kappa shape index (κ3) is 4.86. The molecular formula is C22H26N2O5. The molecule has 1 fully saturated rings. The highest BCUT2D eigenvalue weighted by Crippen LogP contribution is 2.31. The Morgan fingerprint density at radius 2 is 1.97 bits per heavy atom. The number of amides is 2. The molecule has 1 heterocycles. The van der Waals surface area contributed by atoms with Gasteiger partial charge in [-0.3, -0.25) is 9.59 Å². The molecule has 1 atom stereocenters. The third-order valence-corrected chi connectivity index (χ3v) is 4.84. The first-order chi connectivity index (χ1) is 14.0. The van der Waals surface area contributed by atoms with Gasteiger partial charge in [-0.2, -0.15) is 0 Å². The number of para-hydroxylation sites is 1. The van der Waals surface area contributed by atoms with Crippen LogP contribution in [0.1, 0.15) is 28.8 Å². The molecule has 2 amide bonds. The SMILES string of the molecule is COc1cccc(CN(C)C(=O)c2cccc(NC(=O)C3CCCO3)c2)c1OC. The van der Waals surface area contributed by atoms with Crippen molar-refractivity contribution in [1.82, 2.24) is 4.90 Å². The van der Waals surface area contributed by atoms with Gasteiger partial charge in [0.25, 0.3) is 11.8 Å². The Kier molecular flexibility index (Phi) is 6.72.